The molecule has 1 aliphatic heterocycles. The van der Waals surface area contributed by atoms with Gasteiger partial charge in [0.25, 0.3) is 0 Å². The van der Waals surface area contributed by atoms with Gasteiger partial charge in [0.2, 0.25) is 0 Å². The van der Waals surface area contributed by atoms with E-state index in [1.165, 1.54) is 6.07 Å². The molecule has 0 amide bonds. The maximum Gasteiger partial charge on any atom is 0.335 e. The normalized spacial score (nSPS) is 21.3. The molecule has 1 saturated heterocycles. The van der Waals surface area contributed by atoms with Crippen molar-refractivity contribution in [1.82, 2.24) is 0 Å². The van der Waals surface area contributed by atoms with Gasteiger partial charge in [-0.2, -0.15) is 0 Å². The van der Waals surface area contributed by atoms with Crippen molar-refractivity contribution in [1.29, 1.82) is 0 Å². The first kappa shape index (κ1) is 14.3. The number of hydrogen-bond donors (Lipinski definition) is 1. The lowest BCUT2D eigenvalue weighted by atomic mass is 10.1. The van der Waals surface area contributed by atoms with Crippen LogP contribution >= 0.6 is 15.9 Å². The fourth-order valence-electron chi connectivity index (χ4n) is 2.19. The van der Waals surface area contributed by atoms with Crippen molar-refractivity contribution in [2.75, 3.05) is 23.5 Å². The Balaban J connectivity index is 2.29. The van der Waals surface area contributed by atoms with Gasteiger partial charge >= 0.3 is 5.97 Å². The van der Waals surface area contributed by atoms with Crippen LogP contribution in [0, 0.1) is 0 Å². The largest absolute Gasteiger partial charge is 0.478 e. The maximum absolute atomic E-state index is 11.5. The summed E-state index contributed by atoms with van der Waals surface area (Å²) < 4.78 is 23.6. The average Bonchev–Trinajstić information content (AvgIpc) is 2.68. The Morgan fingerprint density at radius 2 is 2.11 bits per heavy atom. The van der Waals surface area contributed by atoms with Crippen molar-refractivity contribution in [2.24, 2.45) is 0 Å². The first-order valence-electron chi connectivity index (χ1n) is 5.75. The van der Waals surface area contributed by atoms with E-state index in [4.69, 9.17) is 5.11 Å². The van der Waals surface area contributed by atoms with Gasteiger partial charge in [0.05, 0.1) is 17.1 Å². The summed E-state index contributed by atoms with van der Waals surface area (Å²) in [6.07, 6.45) is 0.577. The molecule has 1 aromatic carbocycles. The van der Waals surface area contributed by atoms with Crippen molar-refractivity contribution in [2.45, 2.75) is 12.5 Å². The predicted octanol–water partition coefficient (Wildman–Crippen LogP) is 1.77. The van der Waals surface area contributed by atoms with Crippen LogP contribution in [0.3, 0.4) is 0 Å². The average molecular weight is 348 g/mol. The molecule has 2 rings (SSSR count). The number of benzene rings is 1. The molecule has 104 valence electrons. The number of anilines is 1. The first-order valence-corrected chi connectivity index (χ1v) is 8.37. The highest BCUT2D eigenvalue weighted by atomic mass is 79.9. The van der Waals surface area contributed by atoms with Crippen molar-refractivity contribution >= 4 is 37.4 Å². The number of carbonyl (C=O) groups is 1. The lowest BCUT2D eigenvalue weighted by molar-refractivity contribution is 0.0697. The fourth-order valence-corrected chi connectivity index (χ4v) is 4.45. The molecule has 0 aliphatic carbocycles. The Bertz CT molecular complexity index is 614. The zero-order valence-electron chi connectivity index (χ0n) is 10.3. The second kappa shape index (κ2) is 5.13. The third kappa shape index (κ3) is 3.27. The predicted molar refractivity (Wildman–Crippen MR) is 76.6 cm³/mol. The van der Waals surface area contributed by atoms with Crippen LogP contribution in [0.15, 0.2) is 22.7 Å². The molecule has 1 unspecified atom stereocenters. The first-order chi connectivity index (χ1) is 8.78. The van der Waals surface area contributed by atoms with Gasteiger partial charge in [-0.1, -0.05) is 15.9 Å². The van der Waals surface area contributed by atoms with E-state index in [0.717, 1.165) is 0 Å². The van der Waals surface area contributed by atoms with Gasteiger partial charge in [0, 0.05) is 23.2 Å². The van der Waals surface area contributed by atoms with Crippen LogP contribution < -0.4 is 4.90 Å². The van der Waals surface area contributed by atoms with E-state index < -0.39 is 15.8 Å². The second-order valence-electron chi connectivity index (χ2n) is 4.67. The molecule has 0 spiro atoms. The molecule has 0 saturated carbocycles. The molecule has 1 fully saturated rings. The highest BCUT2D eigenvalue weighted by molar-refractivity contribution is 9.10. The third-order valence-corrected chi connectivity index (χ3v) is 5.50. The number of halogens is 1. The fraction of sp³-hybridized carbons (Fsp3) is 0.417. The number of hydrogen-bond acceptors (Lipinski definition) is 4. The number of sulfone groups is 1. The van der Waals surface area contributed by atoms with Crippen LogP contribution in [0.4, 0.5) is 5.69 Å². The number of carboxylic acid groups (broad SMARTS) is 1. The van der Waals surface area contributed by atoms with Gasteiger partial charge in [0.1, 0.15) is 0 Å². The number of rotatable bonds is 3. The summed E-state index contributed by atoms with van der Waals surface area (Å²) in [5, 5.41) is 9.03. The Morgan fingerprint density at radius 1 is 1.42 bits per heavy atom. The number of aromatic carboxylic acids is 1. The Labute approximate surface area is 120 Å². The summed E-state index contributed by atoms with van der Waals surface area (Å²) in [5.41, 5.74) is 0.881. The molecule has 5 nitrogen and oxygen atoms in total. The molecular weight excluding hydrogens is 334 g/mol. The van der Waals surface area contributed by atoms with E-state index in [0.29, 0.717) is 16.6 Å². The Morgan fingerprint density at radius 3 is 2.63 bits per heavy atom. The van der Waals surface area contributed by atoms with E-state index in [2.05, 4.69) is 15.9 Å². The zero-order valence-corrected chi connectivity index (χ0v) is 12.7. The molecule has 0 radical (unpaired) electrons. The van der Waals surface area contributed by atoms with Gasteiger partial charge in [-0.25, -0.2) is 13.2 Å². The van der Waals surface area contributed by atoms with E-state index in [1.54, 1.807) is 19.2 Å². The molecule has 0 bridgehead atoms. The van der Waals surface area contributed by atoms with Crippen LogP contribution in [0.5, 0.6) is 0 Å². The molecule has 1 N–H and O–H groups in total. The smallest absolute Gasteiger partial charge is 0.335 e. The topological polar surface area (TPSA) is 74.7 Å². The van der Waals surface area contributed by atoms with E-state index in [-0.39, 0.29) is 23.1 Å². The SMILES string of the molecule is CN(c1cc(Br)cc(C(=O)O)c1)C1CCS(=O)(=O)C1. The lowest BCUT2D eigenvalue weighted by Crippen LogP contribution is -2.32. The van der Waals surface area contributed by atoms with E-state index in [1.807, 2.05) is 4.90 Å². The quantitative estimate of drug-likeness (QED) is 0.901. The molecule has 1 atom stereocenters. The third-order valence-electron chi connectivity index (χ3n) is 3.29. The Hall–Kier alpha value is -1.08. The lowest BCUT2D eigenvalue weighted by Gasteiger charge is -2.26. The number of nitrogens with zero attached hydrogens (tertiary/aromatic N) is 1. The summed E-state index contributed by atoms with van der Waals surface area (Å²) in [6, 6.07) is 4.77. The van der Waals surface area contributed by atoms with Crippen molar-refractivity contribution in [3.8, 4) is 0 Å². The molecule has 7 heteroatoms. The van der Waals surface area contributed by atoms with Crippen LogP contribution in [-0.4, -0.2) is 44.1 Å². The van der Waals surface area contributed by atoms with Crippen LogP contribution in [0.1, 0.15) is 16.8 Å². The summed E-state index contributed by atoms with van der Waals surface area (Å²) in [4.78, 5) is 12.9. The van der Waals surface area contributed by atoms with Crippen molar-refractivity contribution < 1.29 is 18.3 Å². The second-order valence-corrected chi connectivity index (χ2v) is 7.82. The summed E-state index contributed by atoms with van der Waals surface area (Å²) in [5.74, 6) is -0.685. The van der Waals surface area contributed by atoms with Gasteiger partial charge in [0.15, 0.2) is 9.84 Å². The molecule has 1 heterocycles. The minimum absolute atomic E-state index is 0.0963. The molecule has 1 aliphatic rings. The molecule has 1 aromatic rings. The van der Waals surface area contributed by atoms with Crippen LogP contribution in [0.2, 0.25) is 0 Å². The van der Waals surface area contributed by atoms with Gasteiger partial charge in [-0.15, -0.1) is 0 Å². The Kier molecular flexibility index (Phi) is 3.87. The zero-order chi connectivity index (χ0) is 14.2. The maximum atomic E-state index is 11.5. The monoisotopic (exact) mass is 347 g/mol. The summed E-state index contributed by atoms with van der Waals surface area (Å²) in [6.45, 7) is 0. The minimum Gasteiger partial charge on any atom is -0.478 e. The molecular formula is C12H14BrNO4S. The standard InChI is InChI=1S/C12H14BrNO4S/c1-14(10-2-3-19(17,18)7-10)11-5-8(12(15)16)4-9(13)6-11/h4-6,10H,2-3,7H2,1H3,(H,15,16). The van der Waals surface area contributed by atoms with Crippen molar-refractivity contribution in [3.05, 3.63) is 28.2 Å². The van der Waals surface area contributed by atoms with Crippen molar-refractivity contribution in [3.63, 3.8) is 0 Å². The highest BCUT2D eigenvalue weighted by Gasteiger charge is 2.31. The summed E-state index contributed by atoms with van der Waals surface area (Å²) in [7, 11) is -1.16. The van der Waals surface area contributed by atoms with Crippen LogP contribution in [-0.2, 0) is 9.84 Å². The van der Waals surface area contributed by atoms with Crippen LogP contribution in [0.25, 0.3) is 0 Å². The molecule has 19 heavy (non-hydrogen) atoms. The van der Waals surface area contributed by atoms with E-state index >= 15 is 0 Å². The van der Waals surface area contributed by atoms with Gasteiger partial charge < -0.3 is 10.0 Å². The highest BCUT2D eigenvalue weighted by Crippen LogP contribution is 2.27. The number of carboxylic acids is 1. The minimum atomic E-state index is -2.95. The van der Waals surface area contributed by atoms with Gasteiger partial charge in [-0.05, 0) is 24.6 Å². The van der Waals surface area contributed by atoms with E-state index in [9.17, 15) is 13.2 Å². The molecule has 0 aromatic heterocycles. The summed E-state index contributed by atoms with van der Waals surface area (Å²) >= 11 is 3.27. The van der Waals surface area contributed by atoms with Gasteiger partial charge in [-0.3, -0.25) is 0 Å².